The normalized spacial score (nSPS) is 17.8. The summed E-state index contributed by atoms with van der Waals surface area (Å²) in [6.07, 6.45) is 6.02. The predicted molar refractivity (Wildman–Crippen MR) is 137 cm³/mol. The first-order valence-electron chi connectivity index (χ1n) is 11.0. The van der Waals surface area contributed by atoms with Crippen molar-refractivity contribution < 1.29 is 12.8 Å². The number of hydrogen-bond donors (Lipinski definition) is 2. The van der Waals surface area contributed by atoms with Gasteiger partial charge in [-0.1, -0.05) is 13.0 Å². The highest BCUT2D eigenvalue weighted by atomic mass is 127. The number of rotatable bonds is 10. The smallest absolute Gasteiger partial charge is 0.191 e. The van der Waals surface area contributed by atoms with Crippen LogP contribution in [0.1, 0.15) is 50.7 Å². The summed E-state index contributed by atoms with van der Waals surface area (Å²) in [5.74, 6) is 0.970. The van der Waals surface area contributed by atoms with E-state index in [0.29, 0.717) is 17.1 Å². The molecule has 1 atom stereocenters. The molecule has 0 aromatic heterocycles. The third-order valence-corrected chi connectivity index (χ3v) is 6.11. The van der Waals surface area contributed by atoms with Gasteiger partial charge in [-0.3, -0.25) is 0 Å². The van der Waals surface area contributed by atoms with Crippen LogP contribution in [-0.4, -0.2) is 58.3 Å². The van der Waals surface area contributed by atoms with Crippen molar-refractivity contribution in [1.82, 2.24) is 15.5 Å². The number of piperidine rings is 1. The molecule has 0 amide bonds. The van der Waals surface area contributed by atoms with Gasteiger partial charge >= 0.3 is 0 Å². The Labute approximate surface area is 204 Å². The number of sulfone groups is 1. The van der Waals surface area contributed by atoms with E-state index in [1.54, 1.807) is 0 Å². The zero-order valence-corrected chi connectivity index (χ0v) is 22.1. The van der Waals surface area contributed by atoms with Crippen LogP contribution in [0.4, 0.5) is 4.39 Å². The van der Waals surface area contributed by atoms with Crippen LogP contribution in [0.25, 0.3) is 0 Å². The topological polar surface area (TPSA) is 73.8 Å². The Balaban J connectivity index is 0.00000480. The van der Waals surface area contributed by atoms with E-state index in [9.17, 15) is 12.8 Å². The van der Waals surface area contributed by atoms with E-state index < -0.39 is 9.84 Å². The molecule has 1 aromatic rings. The quantitative estimate of drug-likeness (QED) is 0.196. The monoisotopic (exact) mass is 568 g/mol. The van der Waals surface area contributed by atoms with Crippen LogP contribution in [0.5, 0.6) is 0 Å². The van der Waals surface area contributed by atoms with Gasteiger partial charge in [0.1, 0.15) is 5.82 Å². The summed E-state index contributed by atoms with van der Waals surface area (Å²) in [6, 6.07) is 4.19. The summed E-state index contributed by atoms with van der Waals surface area (Å²) in [5.41, 5.74) is 1.19. The highest BCUT2D eigenvalue weighted by Crippen LogP contribution is 2.16. The summed E-state index contributed by atoms with van der Waals surface area (Å²) in [5, 5.41) is 6.53. The summed E-state index contributed by atoms with van der Waals surface area (Å²) >= 11 is 0. The summed E-state index contributed by atoms with van der Waals surface area (Å²) in [6.45, 7) is 9.64. The lowest BCUT2D eigenvalue weighted by Gasteiger charge is -2.30. The Morgan fingerprint density at radius 3 is 2.71 bits per heavy atom. The van der Waals surface area contributed by atoms with Crippen LogP contribution >= 0.6 is 24.0 Å². The van der Waals surface area contributed by atoms with Crippen LogP contribution in [0.3, 0.4) is 0 Å². The molecule has 178 valence electrons. The van der Waals surface area contributed by atoms with Gasteiger partial charge in [0.15, 0.2) is 15.8 Å². The number of unbranched alkanes of at least 4 members (excludes halogenated alkanes) is 1. The fraction of sp³-hybridized carbons (Fsp3) is 0.682. The second kappa shape index (κ2) is 14.3. The molecular weight excluding hydrogens is 530 g/mol. The van der Waals surface area contributed by atoms with E-state index in [1.165, 1.54) is 50.4 Å². The van der Waals surface area contributed by atoms with E-state index in [2.05, 4.69) is 27.4 Å². The molecule has 0 radical (unpaired) electrons. The summed E-state index contributed by atoms with van der Waals surface area (Å²) in [7, 11) is -3.20. The van der Waals surface area contributed by atoms with Crippen molar-refractivity contribution in [2.45, 2.75) is 51.8 Å². The van der Waals surface area contributed by atoms with Crippen LogP contribution < -0.4 is 10.6 Å². The van der Waals surface area contributed by atoms with Crippen molar-refractivity contribution in [3.63, 3.8) is 0 Å². The first kappa shape index (κ1) is 28.1. The highest BCUT2D eigenvalue weighted by molar-refractivity contribution is 14.0. The maximum Gasteiger partial charge on any atom is 0.191 e. The average Bonchev–Trinajstić information content (AvgIpc) is 2.66. The van der Waals surface area contributed by atoms with Gasteiger partial charge in [-0.15, -0.1) is 24.0 Å². The van der Waals surface area contributed by atoms with E-state index in [4.69, 9.17) is 0 Å². The van der Waals surface area contributed by atoms with Crippen LogP contribution in [0.15, 0.2) is 23.2 Å². The molecule has 0 saturated carbocycles. The SMILES string of the molecule is CCNC(=NCc1cc(F)ccc1CS(C)(=O)=O)NCCCCN1CCCC(C)C1.I. The first-order valence-corrected chi connectivity index (χ1v) is 13.0. The molecule has 1 unspecified atom stereocenters. The average molecular weight is 569 g/mol. The zero-order chi connectivity index (χ0) is 22.0. The van der Waals surface area contributed by atoms with E-state index >= 15 is 0 Å². The largest absolute Gasteiger partial charge is 0.357 e. The number of guanidine groups is 1. The lowest BCUT2D eigenvalue weighted by Crippen LogP contribution is -2.38. The molecule has 2 N–H and O–H groups in total. The number of nitrogens with one attached hydrogen (secondary N) is 2. The molecule has 0 aliphatic carbocycles. The molecule has 9 heteroatoms. The van der Waals surface area contributed by atoms with Crippen LogP contribution in [-0.2, 0) is 22.1 Å². The molecule has 1 fully saturated rings. The molecule has 1 heterocycles. The fourth-order valence-corrected chi connectivity index (χ4v) is 4.67. The lowest BCUT2D eigenvalue weighted by atomic mass is 10.0. The van der Waals surface area contributed by atoms with Crippen molar-refractivity contribution in [3.05, 3.63) is 35.1 Å². The van der Waals surface area contributed by atoms with Gasteiger partial charge in [0, 0.05) is 25.9 Å². The van der Waals surface area contributed by atoms with Gasteiger partial charge in [-0.2, -0.15) is 0 Å². The first-order chi connectivity index (χ1) is 14.3. The highest BCUT2D eigenvalue weighted by Gasteiger charge is 2.15. The van der Waals surface area contributed by atoms with Crippen molar-refractivity contribution in [2.75, 3.05) is 39.0 Å². The number of aliphatic imine (C=N–C) groups is 1. The molecule has 0 bridgehead atoms. The van der Waals surface area contributed by atoms with Crippen LogP contribution in [0, 0.1) is 11.7 Å². The molecule has 1 aliphatic heterocycles. The molecule has 1 saturated heterocycles. The molecule has 2 rings (SSSR count). The minimum Gasteiger partial charge on any atom is -0.357 e. The standard InChI is InChI=1S/C22H37FN4O2S.HI/c1-4-24-22(25-11-5-6-12-27-13-7-8-18(2)16-27)26-15-20-14-21(23)10-9-19(20)17-30(3,28)29;/h9-10,14,18H,4-8,11-13,15-17H2,1-3H3,(H2,24,25,26);1H. The van der Waals surface area contributed by atoms with Crippen molar-refractivity contribution >= 4 is 39.8 Å². The Hall–Kier alpha value is -0.940. The van der Waals surface area contributed by atoms with Gasteiger partial charge in [0.05, 0.1) is 12.3 Å². The third kappa shape index (κ3) is 11.5. The molecule has 31 heavy (non-hydrogen) atoms. The Kier molecular flexibility index (Phi) is 12.9. The molecule has 6 nitrogen and oxygen atoms in total. The van der Waals surface area contributed by atoms with E-state index in [-0.39, 0.29) is 42.1 Å². The minimum absolute atomic E-state index is 0. The number of halogens is 2. The second-order valence-corrected chi connectivity index (χ2v) is 10.5. The Bertz CT molecular complexity index is 805. The fourth-order valence-electron chi connectivity index (χ4n) is 3.83. The molecule has 0 spiro atoms. The summed E-state index contributed by atoms with van der Waals surface area (Å²) < 4.78 is 37.0. The Morgan fingerprint density at radius 1 is 1.26 bits per heavy atom. The number of hydrogen-bond acceptors (Lipinski definition) is 4. The maximum absolute atomic E-state index is 13.7. The van der Waals surface area contributed by atoms with Crippen molar-refractivity contribution in [2.24, 2.45) is 10.9 Å². The van der Waals surface area contributed by atoms with Gasteiger partial charge in [0.25, 0.3) is 0 Å². The van der Waals surface area contributed by atoms with E-state index in [0.717, 1.165) is 38.4 Å². The van der Waals surface area contributed by atoms with Gasteiger partial charge in [-0.25, -0.2) is 17.8 Å². The maximum atomic E-state index is 13.7. The molecule has 1 aliphatic rings. The van der Waals surface area contributed by atoms with Crippen molar-refractivity contribution in [1.29, 1.82) is 0 Å². The van der Waals surface area contributed by atoms with Gasteiger partial charge in [-0.05, 0) is 74.9 Å². The summed E-state index contributed by atoms with van der Waals surface area (Å²) in [4.78, 5) is 7.09. The second-order valence-electron chi connectivity index (χ2n) is 8.36. The van der Waals surface area contributed by atoms with Crippen LogP contribution in [0.2, 0.25) is 0 Å². The van der Waals surface area contributed by atoms with Crippen molar-refractivity contribution in [3.8, 4) is 0 Å². The lowest BCUT2D eigenvalue weighted by molar-refractivity contribution is 0.181. The predicted octanol–water partition coefficient (Wildman–Crippen LogP) is 3.56. The number of nitrogens with zero attached hydrogens (tertiary/aromatic N) is 2. The number of likely N-dealkylation sites (tertiary alicyclic amines) is 1. The number of benzene rings is 1. The van der Waals surface area contributed by atoms with Gasteiger partial charge in [0.2, 0.25) is 0 Å². The van der Waals surface area contributed by atoms with E-state index in [1.807, 2.05) is 6.92 Å². The minimum atomic E-state index is -3.20. The molecular formula is C22H38FIN4O2S. The third-order valence-electron chi connectivity index (χ3n) is 5.27. The zero-order valence-electron chi connectivity index (χ0n) is 19.0. The Morgan fingerprint density at radius 2 is 2.03 bits per heavy atom. The van der Waals surface area contributed by atoms with Gasteiger partial charge < -0.3 is 15.5 Å². The molecule has 1 aromatic carbocycles.